The second-order valence-electron chi connectivity index (χ2n) is 2.95. The maximum atomic E-state index is 11.6. The largest absolute Gasteiger partial charge is 0.382 e. The molecule has 0 spiro atoms. The molecular weight excluding hydrogens is 168 g/mol. The van der Waals surface area contributed by atoms with Crippen LogP contribution in [0.1, 0.15) is 0 Å². The minimum Gasteiger partial charge on any atom is -0.382 e. The monoisotopic (exact) mass is 180 g/mol. The molecule has 0 aliphatic carbocycles. The van der Waals surface area contributed by atoms with E-state index in [0.29, 0.717) is 24.6 Å². The van der Waals surface area contributed by atoms with Gasteiger partial charge in [0.15, 0.2) is 0 Å². The predicted molar refractivity (Wildman–Crippen MR) is 51.8 cm³/mol. The molecule has 0 fully saturated rings. The van der Waals surface area contributed by atoms with Crippen molar-refractivity contribution in [2.45, 2.75) is 13.1 Å². The Labute approximate surface area is 75.4 Å². The van der Waals surface area contributed by atoms with Crippen molar-refractivity contribution >= 4 is 11.5 Å². The zero-order valence-corrected chi connectivity index (χ0v) is 7.45. The fraction of sp³-hybridized carbons (Fsp3) is 0.375. The Kier molecular flexibility index (Phi) is 1.65. The van der Waals surface area contributed by atoms with Crippen LogP contribution < -0.4 is 16.6 Å². The van der Waals surface area contributed by atoms with Gasteiger partial charge < -0.3 is 11.1 Å². The zero-order chi connectivity index (χ0) is 9.42. The predicted octanol–water partition coefficient (Wildman–Crippen LogP) is -0.157. The first-order chi connectivity index (χ1) is 6.25. The van der Waals surface area contributed by atoms with Crippen molar-refractivity contribution in [3.63, 3.8) is 0 Å². The average molecular weight is 180 g/mol. The molecule has 5 nitrogen and oxygen atoms in total. The van der Waals surface area contributed by atoms with Gasteiger partial charge in [0, 0.05) is 7.05 Å². The third-order valence-electron chi connectivity index (χ3n) is 2.25. The Hall–Kier alpha value is -1.65. The normalized spacial score (nSPS) is 14.2. The number of anilines is 2. The maximum Gasteiger partial charge on any atom is 0.292 e. The van der Waals surface area contributed by atoms with Gasteiger partial charge in [-0.3, -0.25) is 9.48 Å². The minimum absolute atomic E-state index is 0.0515. The van der Waals surface area contributed by atoms with E-state index in [2.05, 4.69) is 5.32 Å². The Morgan fingerprint density at radius 2 is 2.00 bits per heavy atom. The van der Waals surface area contributed by atoms with Crippen molar-refractivity contribution in [1.82, 2.24) is 9.36 Å². The van der Waals surface area contributed by atoms with Crippen molar-refractivity contribution in [2.24, 2.45) is 0 Å². The summed E-state index contributed by atoms with van der Waals surface area (Å²) < 4.78 is 3.40. The first-order valence-corrected chi connectivity index (χ1v) is 4.17. The molecule has 3 N–H and O–H groups in total. The van der Waals surface area contributed by atoms with Crippen LogP contribution in [0.15, 0.2) is 16.9 Å². The first-order valence-electron chi connectivity index (χ1n) is 4.17. The van der Waals surface area contributed by atoms with Gasteiger partial charge in [0.05, 0.1) is 13.1 Å². The van der Waals surface area contributed by atoms with Crippen LogP contribution in [0, 0.1) is 0 Å². The van der Waals surface area contributed by atoms with E-state index >= 15 is 0 Å². The lowest BCUT2D eigenvalue weighted by molar-refractivity contribution is 0.500. The fourth-order valence-electron chi connectivity index (χ4n) is 1.57. The van der Waals surface area contributed by atoms with E-state index in [0.717, 1.165) is 0 Å². The maximum absolute atomic E-state index is 11.6. The van der Waals surface area contributed by atoms with E-state index in [9.17, 15) is 4.79 Å². The van der Waals surface area contributed by atoms with Gasteiger partial charge in [0.1, 0.15) is 11.5 Å². The number of hydrogen-bond donors (Lipinski definition) is 2. The van der Waals surface area contributed by atoms with Crippen LogP contribution in [0.4, 0.5) is 11.5 Å². The lowest BCUT2D eigenvalue weighted by Gasteiger charge is -2.12. The average Bonchev–Trinajstić information content (AvgIpc) is 2.41. The van der Waals surface area contributed by atoms with Crippen LogP contribution in [0.5, 0.6) is 0 Å². The van der Waals surface area contributed by atoms with E-state index in [4.69, 9.17) is 5.73 Å². The lowest BCUT2D eigenvalue weighted by Crippen LogP contribution is -2.25. The van der Waals surface area contributed by atoms with Crippen LogP contribution >= 0.6 is 0 Å². The summed E-state index contributed by atoms with van der Waals surface area (Å²) in [5.74, 6) is 0.511. The van der Waals surface area contributed by atoms with Crippen LogP contribution in [0.2, 0.25) is 0 Å². The number of allylic oxidation sites excluding steroid dienone is 2. The number of fused-ring (bicyclic) bond motifs is 1. The molecule has 0 bridgehead atoms. The van der Waals surface area contributed by atoms with E-state index in [1.165, 1.54) is 0 Å². The van der Waals surface area contributed by atoms with Crippen molar-refractivity contribution in [2.75, 3.05) is 18.1 Å². The summed E-state index contributed by atoms with van der Waals surface area (Å²) in [6, 6.07) is 0. The molecule has 1 aliphatic heterocycles. The second-order valence-corrected chi connectivity index (χ2v) is 2.95. The summed E-state index contributed by atoms with van der Waals surface area (Å²) >= 11 is 0. The third-order valence-corrected chi connectivity index (χ3v) is 2.25. The molecule has 1 aromatic heterocycles. The molecule has 0 saturated heterocycles. The molecule has 5 heteroatoms. The first kappa shape index (κ1) is 7.97. The van der Waals surface area contributed by atoms with Gasteiger partial charge >= 0.3 is 0 Å². The molecule has 2 rings (SSSR count). The van der Waals surface area contributed by atoms with Crippen LogP contribution in [-0.2, 0) is 13.1 Å². The molecule has 1 aromatic rings. The minimum atomic E-state index is -0.0515. The quantitative estimate of drug-likeness (QED) is 0.590. The molecule has 0 saturated carbocycles. The summed E-state index contributed by atoms with van der Waals surface area (Å²) in [6.45, 7) is 1.27. The summed E-state index contributed by atoms with van der Waals surface area (Å²) in [5, 5.41) is 2.81. The lowest BCUT2D eigenvalue weighted by atomic mass is 10.4. The number of nitrogens with two attached hydrogens (primary N) is 1. The highest BCUT2D eigenvalue weighted by Crippen LogP contribution is 2.15. The molecule has 0 unspecified atom stereocenters. The smallest absolute Gasteiger partial charge is 0.292 e. The van der Waals surface area contributed by atoms with Gasteiger partial charge in [-0.2, -0.15) is 0 Å². The van der Waals surface area contributed by atoms with Crippen molar-refractivity contribution in [3.05, 3.63) is 22.5 Å². The Bertz CT molecular complexity index is 413. The molecule has 0 radical (unpaired) electrons. The zero-order valence-electron chi connectivity index (χ0n) is 7.45. The highest BCUT2D eigenvalue weighted by molar-refractivity contribution is 5.61. The van der Waals surface area contributed by atoms with E-state index in [1.54, 1.807) is 16.4 Å². The molecule has 2 heterocycles. The van der Waals surface area contributed by atoms with Crippen molar-refractivity contribution in [1.29, 1.82) is 0 Å². The highest BCUT2D eigenvalue weighted by atomic mass is 16.1. The summed E-state index contributed by atoms with van der Waals surface area (Å²) in [4.78, 5) is 11.6. The molecule has 13 heavy (non-hydrogen) atoms. The van der Waals surface area contributed by atoms with E-state index in [1.807, 2.05) is 12.2 Å². The summed E-state index contributed by atoms with van der Waals surface area (Å²) in [6.07, 6.45) is 3.95. The van der Waals surface area contributed by atoms with Gasteiger partial charge in [-0.1, -0.05) is 12.2 Å². The van der Waals surface area contributed by atoms with Crippen molar-refractivity contribution < 1.29 is 0 Å². The van der Waals surface area contributed by atoms with Gasteiger partial charge in [0.25, 0.3) is 5.56 Å². The summed E-state index contributed by atoms with van der Waals surface area (Å²) in [7, 11) is 1.70. The molecule has 0 amide bonds. The van der Waals surface area contributed by atoms with Crippen LogP contribution in [0.3, 0.4) is 0 Å². The van der Waals surface area contributed by atoms with Gasteiger partial charge in [-0.15, -0.1) is 0 Å². The summed E-state index contributed by atoms with van der Waals surface area (Å²) in [5.41, 5.74) is 6.22. The Morgan fingerprint density at radius 3 is 2.54 bits per heavy atom. The standard InChI is InChI=1S/C8H12N4O/c1-10-6-7(9)11-4-2-3-5-12(11)8(6)13/h2-3,10H,4-5,9H2,1H3. The number of aromatic nitrogens is 2. The van der Waals surface area contributed by atoms with Crippen molar-refractivity contribution in [3.8, 4) is 0 Å². The molecular formula is C8H12N4O. The third kappa shape index (κ3) is 0.965. The molecule has 0 aromatic carbocycles. The SMILES string of the molecule is CNc1c(N)n2n(c1=O)CC=CC2. The number of rotatable bonds is 1. The van der Waals surface area contributed by atoms with Crippen LogP contribution in [0.25, 0.3) is 0 Å². The molecule has 1 aliphatic rings. The Morgan fingerprint density at radius 1 is 1.38 bits per heavy atom. The number of nitrogens with zero attached hydrogens (tertiary/aromatic N) is 2. The second kappa shape index (κ2) is 2.69. The number of nitrogen functional groups attached to an aromatic ring is 1. The molecule has 0 atom stereocenters. The number of nitrogens with one attached hydrogen (secondary N) is 1. The van der Waals surface area contributed by atoms with Crippen LogP contribution in [-0.4, -0.2) is 16.4 Å². The topological polar surface area (TPSA) is 65.0 Å². The van der Waals surface area contributed by atoms with Gasteiger partial charge in [-0.25, -0.2) is 4.68 Å². The highest BCUT2D eigenvalue weighted by Gasteiger charge is 2.16. The molecule has 70 valence electrons. The van der Waals surface area contributed by atoms with E-state index < -0.39 is 0 Å². The number of hydrogen-bond acceptors (Lipinski definition) is 3. The van der Waals surface area contributed by atoms with E-state index in [-0.39, 0.29) is 5.56 Å². The van der Waals surface area contributed by atoms with Gasteiger partial charge in [-0.05, 0) is 0 Å². The van der Waals surface area contributed by atoms with Gasteiger partial charge in [0.2, 0.25) is 0 Å². The Balaban J connectivity index is 2.66. The fourth-order valence-corrected chi connectivity index (χ4v) is 1.57.